The van der Waals surface area contributed by atoms with E-state index in [2.05, 4.69) is 41.3 Å². The van der Waals surface area contributed by atoms with Crippen LogP contribution in [0.3, 0.4) is 0 Å². The summed E-state index contributed by atoms with van der Waals surface area (Å²) < 4.78 is 29.7. The third-order valence-electron chi connectivity index (χ3n) is 6.54. The first-order valence-corrected chi connectivity index (χ1v) is 12.6. The third kappa shape index (κ3) is 3.41. The lowest BCUT2D eigenvalue weighted by Gasteiger charge is -2.19. The maximum absolute atomic E-state index is 12.3. The van der Waals surface area contributed by atoms with Crippen LogP contribution >= 0.6 is 0 Å². The average molecular weight is 424 g/mol. The number of aryl methyl sites for hydroxylation is 2. The number of nitrogens with zero attached hydrogens (tertiary/aromatic N) is 2. The van der Waals surface area contributed by atoms with Gasteiger partial charge in [-0.05, 0) is 68.4 Å². The zero-order valence-corrected chi connectivity index (χ0v) is 18.5. The van der Waals surface area contributed by atoms with Crippen LogP contribution in [0.25, 0.3) is 22.3 Å². The molecule has 6 heteroatoms. The number of hydrogen-bond donors (Lipinski definition) is 1. The number of sulfonamides is 1. The lowest BCUT2D eigenvalue weighted by Crippen LogP contribution is -2.17. The molecule has 0 atom stereocenters. The normalized spacial score (nSPS) is 17.7. The number of rotatable bonds is 6. The van der Waals surface area contributed by atoms with Gasteiger partial charge < -0.3 is 4.57 Å². The highest BCUT2D eigenvalue weighted by atomic mass is 32.2. The summed E-state index contributed by atoms with van der Waals surface area (Å²) >= 11 is 0. The van der Waals surface area contributed by atoms with Gasteiger partial charge in [-0.3, -0.25) is 9.71 Å². The Morgan fingerprint density at radius 1 is 1.10 bits per heavy atom. The topological polar surface area (TPSA) is 64.0 Å². The molecule has 2 aliphatic carbocycles. The lowest BCUT2D eigenvalue weighted by molar-refractivity contribution is 0.539. The fourth-order valence-corrected chi connectivity index (χ4v) is 6.26. The Morgan fingerprint density at radius 2 is 1.87 bits per heavy atom. The predicted octanol–water partition coefficient (Wildman–Crippen LogP) is 5.59. The summed E-state index contributed by atoms with van der Waals surface area (Å²) in [4.78, 5) is 4.72. The van der Waals surface area contributed by atoms with Gasteiger partial charge in [-0.2, -0.15) is 0 Å². The van der Waals surface area contributed by atoms with Gasteiger partial charge in [0.25, 0.3) is 0 Å². The van der Waals surface area contributed by atoms with Crippen LogP contribution in [0.4, 0.5) is 5.69 Å². The summed E-state index contributed by atoms with van der Waals surface area (Å²) in [5.74, 6) is 0. The minimum absolute atomic E-state index is 0.239. The minimum atomic E-state index is -3.27. The monoisotopic (exact) mass is 423 g/mol. The van der Waals surface area contributed by atoms with Crippen molar-refractivity contribution in [2.75, 3.05) is 4.72 Å². The zero-order valence-electron chi connectivity index (χ0n) is 17.7. The van der Waals surface area contributed by atoms with Gasteiger partial charge in [0.05, 0.1) is 28.5 Å². The molecule has 2 saturated carbocycles. The number of benzene rings is 1. The van der Waals surface area contributed by atoms with Gasteiger partial charge in [0.2, 0.25) is 10.0 Å². The van der Waals surface area contributed by atoms with E-state index in [1.54, 1.807) is 6.20 Å². The predicted molar refractivity (Wildman–Crippen MR) is 122 cm³/mol. The van der Waals surface area contributed by atoms with Crippen LogP contribution in [-0.4, -0.2) is 23.2 Å². The number of anilines is 1. The Kier molecular flexibility index (Phi) is 4.85. The maximum atomic E-state index is 12.3. The van der Waals surface area contributed by atoms with Crippen LogP contribution in [0.1, 0.15) is 62.6 Å². The van der Waals surface area contributed by atoms with Crippen molar-refractivity contribution in [3.8, 4) is 11.4 Å². The van der Waals surface area contributed by atoms with Crippen LogP contribution in [0, 0.1) is 6.92 Å². The zero-order chi connectivity index (χ0) is 20.9. The molecule has 0 unspecified atom stereocenters. The van der Waals surface area contributed by atoms with E-state index in [0.29, 0.717) is 11.7 Å². The van der Waals surface area contributed by atoms with Crippen molar-refractivity contribution in [3.05, 3.63) is 47.7 Å². The van der Waals surface area contributed by atoms with E-state index >= 15 is 0 Å². The molecule has 1 aromatic carbocycles. The number of pyridine rings is 1. The molecule has 5 nitrogen and oxygen atoms in total. The van der Waals surface area contributed by atoms with Crippen molar-refractivity contribution in [3.63, 3.8) is 0 Å². The first-order chi connectivity index (χ1) is 14.5. The number of aromatic nitrogens is 2. The van der Waals surface area contributed by atoms with Gasteiger partial charge in [-0.1, -0.05) is 31.9 Å². The van der Waals surface area contributed by atoms with Crippen molar-refractivity contribution in [2.24, 2.45) is 0 Å². The second kappa shape index (κ2) is 7.41. The Labute approximate surface area is 178 Å². The van der Waals surface area contributed by atoms with Crippen molar-refractivity contribution < 1.29 is 8.42 Å². The molecule has 3 aromatic rings. The maximum Gasteiger partial charge on any atom is 0.235 e. The highest BCUT2D eigenvalue weighted by Crippen LogP contribution is 2.41. The molecule has 2 aliphatic rings. The molecule has 2 aromatic heterocycles. The van der Waals surface area contributed by atoms with Gasteiger partial charge in [-0.25, -0.2) is 8.42 Å². The highest BCUT2D eigenvalue weighted by molar-refractivity contribution is 7.93. The molecule has 30 heavy (non-hydrogen) atoms. The second-order valence-electron chi connectivity index (χ2n) is 8.79. The molecule has 0 saturated heterocycles. The van der Waals surface area contributed by atoms with Gasteiger partial charge in [0.15, 0.2) is 0 Å². The Hall–Kier alpha value is -2.34. The van der Waals surface area contributed by atoms with E-state index in [9.17, 15) is 8.42 Å². The molecule has 0 bridgehead atoms. The van der Waals surface area contributed by atoms with E-state index < -0.39 is 10.0 Å². The second-order valence-corrected chi connectivity index (χ2v) is 10.7. The molecular weight excluding hydrogens is 394 g/mol. The summed E-state index contributed by atoms with van der Waals surface area (Å²) in [6, 6.07) is 11.1. The standard InChI is InChI=1S/C24H29N3O2S/c1-3-20-21-12-8-16(2)14-23(21)27(18-6-4-5-7-18)24(20)22-13-9-17(15-25-22)26-30(28,29)19-10-11-19/h8-9,12-15,18-19,26H,3-7,10-11H2,1-2H3. The van der Waals surface area contributed by atoms with E-state index in [0.717, 1.165) is 25.0 Å². The SMILES string of the molecule is CCc1c(-c2ccc(NS(=O)(=O)C3CC3)cn2)n(C2CCCC2)c2cc(C)ccc12. The van der Waals surface area contributed by atoms with Crippen LogP contribution in [0.15, 0.2) is 36.5 Å². The minimum Gasteiger partial charge on any atom is -0.336 e. The quantitative estimate of drug-likeness (QED) is 0.562. The summed E-state index contributed by atoms with van der Waals surface area (Å²) in [6.45, 7) is 4.35. The molecule has 0 spiro atoms. The highest BCUT2D eigenvalue weighted by Gasteiger charge is 2.35. The molecule has 0 amide bonds. The van der Waals surface area contributed by atoms with Gasteiger partial charge in [-0.15, -0.1) is 0 Å². The molecule has 0 aliphatic heterocycles. The first-order valence-electron chi connectivity index (χ1n) is 11.1. The van der Waals surface area contributed by atoms with Gasteiger partial charge in [0.1, 0.15) is 0 Å². The molecule has 1 N–H and O–H groups in total. The Bertz CT molecular complexity index is 1190. The van der Waals surface area contributed by atoms with Crippen molar-refractivity contribution in [1.29, 1.82) is 0 Å². The van der Waals surface area contributed by atoms with Crippen molar-refractivity contribution in [2.45, 2.75) is 70.1 Å². The Morgan fingerprint density at radius 3 is 2.50 bits per heavy atom. The van der Waals surface area contributed by atoms with Crippen LogP contribution in [0.5, 0.6) is 0 Å². The number of hydrogen-bond acceptors (Lipinski definition) is 3. The fourth-order valence-electron chi connectivity index (χ4n) is 4.89. The third-order valence-corrected chi connectivity index (χ3v) is 8.41. The van der Waals surface area contributed by atoms with Crippen LogP contribution < -0.4 is 4.72 Å². The largest absolute Gasteiger partial charge is 0.336 e. The summed E-state index contributed by atoms with van der Waals surface area (Å²) in [6.07, 6.45) is 9.05. The molecule has 158 valence electrons. The summed E-state index contributed by atoms with van der Waals surface area (Å²) in [5.41, 5.74) is 6.56. The van der Waals surface area contributed by atoms with Crippen LogP contribution in [0.2, 0.25) is 0 Å². The average Bonchev–Trinajstić information content (AvgIpc) is 3.37. The smallest absolute Gasteiger partial charge is 0.235 e. The van der Waals surface area contributed by atoms with Gasteiger partial charge >= 0.3 is 0 Å². The van der Waals surface area contributed by atoms with Crippen molar-refractivity contribution in [1.82, 2.24) is 9.55 Å². The summed E-state index contributed by atoms with van der Waals surface area (Å²) in [7, 11) is -3.27. The van der Waals surface area contributed by atoms with E-state index in [4.69, 9.17) is 4.98 Å². The van der Waals surface area contributed by atoms with E-state index in [-0.39, 0.29) is 5.25 Å². The van der Waals surface area contributed by atoms with E-state index in [1.807, 2.05) is 12.1 Å². The lowest BCUT2D eigenvalue weighted by atomic mass is 10.1. The van der Waals surface area contributed by atoms with Gasteiger partial charge in [0, 0.05) is 16.9 Å². The van der Waals surface area contributed by atoms with Crippen molar-refractivity contribution >= 4 is 26.6 Å². The number of fused-ring (bicyclic) bond motifs is 1. The molecular formula is C24H29N3O2S. The molecule has 2 fully saturated rings. The van der Waals surface area contributed by atoms with Crippen LogP contribution in [-0.2, 0) is 16.4 Å². The molecule has 2 heterocycles. The van der Waals surface area contributed by atoms with E-state index in [1.165, 1.54) is 53.4 Å². The first kappa shape index (κ1) is 19.6. The number of nitrogens with one attached hydrogen (secondary N) is 1. The molecule has 5 rings (SSSR count). The molecule has 0 radical (unpaired) electrons. The Balaban J connectivity index is 1.61. The summed E-state index contributed by atoms with van der Waals surface area (Å²) in [5, 5.41) is 1.07. The fraction of sp³-hybridized carbons (Fsp3) is 0.458.